The number of benzene rings is 1. The van der Waals surface area contributed by atoms with E-state index in [0.29, 0.717) is 12.0 Å². The molecule has 0 bridgehead atoms. The Kier molecular flexibility index (Phi) is 1.96. The van der Waals surface area contributed by atoms with E-state index in [9.17, 15) is 9.90 Å². The monoisotopic (exact) mass is 190 g/mol. The molecule has 2 nitrogen and oxygen atoms in total. The second-order valence-electron chi connectivity index (χ2n) is 4.58. The lowest BCUT2D eigenvalue weighted by molar-refractivity contribution is 0.0318. The highest BCUT2D eigenvalue weighted by Crippen LogP contribution is 2.42. The second-order valence-corrected chi connectivity index (χ2v) is 4.58. The number of carbonyl (C=O) groups is 1. The maximum Gasteiger partial charge on any atom is 0.163 e. The summed E-state index contributed by atoms with van der Waals surface area (Å²) >= 11 is 0. The number of fused-ring (bicyclic) bond motifs is 1. The van der Waals surface area contributed by atoms with Crippen molar-refractivity contribution >= 4 is 5.78 Å². The minimum atomic E-state index is -0.531. The van der Waals surface area contributed by atoms with E-state index in [2.05, 4.69) is 0 Å². The lowest BCUT2D eigenvalue weighted by Crippen LogP contribution is -2.31. The van der Waals surface area contributed by atoms with Crippen molar-refractivity contribution in [3.05, 3.63) is 35.4 Å². The maximum absolute atomic E-state index is 11.7. The van der Waals surface area contributed by atoms with Crippen LogP contribution in [0.1, 0.15) is 42.3 Å². The molecule has 1 aromatic carbocycles. The van der Waals surface area contributed by atoms with E-state index in [1.807, 2.05) is 32.0 Å². The topological polar surface area (TPSA) is 37.3 Å². The van der Waals surface area contributed by atoms with Crippen LogP contribution in [0.25, 0.3) is 0 Å². The largest absolute Gasteiger partial charge is 0.388 e. The fourth-order valence-corrected chi connectivity index (χ4v) is 2.02. The molecular formula is C12H14O2. The van der Waals surface area contributed by atoms with Gasteiger partial charge < -0.3 is 5.11 Å². The average Bonchev–Trinajstić information content (AvgIpc) is 2.14. The maximum atomic E-state index is 11.7. The van der Waals surface area contributed by atoms with Gasteiger partial charge in [-0.2, -0.15) is 0 Å². The Labute approximate surface area is 83.6 Å². The second kappa shape index (κ2) is 2.92. The number of hydrogen-bond donors (Lipinski definition) is 1. The number of rotatable bonds is 0. The first-order valence-electron chi connectivity index (χ1n) is 4.82. The van der Waals surface area contributed by atoms with Crippen LogP contribution in [-0.2, 0) is 0 Å². The number of hydrogen-bond acceptors (Lipinski definition) is 2. The normalized spacial score (nSPS) is 24.5. The molecule has 0 aromatic heterocycles. The van der Waals surface area contributed by atoms with Gasteiger partial charge in [0.2, 0.25) is 0 Å². The summed E-state index contributed by atoms with van der Waals surface area (Å²) in [6.07, 6.45) is -0.109. The van der Waals surface area contributed by atoms with Crippen molar-refractivity contribution in [3.8, 4) is 0 Å². The smallest absolute Gasteiger partial charge is 0.163 e. The molecule has 74 valence electrons. The van der Waals surface area contributed by atoms with Crippen molar-refractivity contribution in [1.82, 2.24) is 0 Å². The Bertz CT molecular complexity index is 380. The Balaban J connectivity index is 2.57. The van der Waals surface area contributed by atoms with Crippen LogP contribution >= 0.6 is 0 Å². The zero-order valence-corrected chi connectivity index (χ0v) is 8.45. The highest BCUT2D eigenvalue weighted by molar-refractivity contribution is 5.99. The summed E-state index contributed by atoms with van der Waals surface area (Å²) in [5.41, 5.74) is 1.11. The molecule has 14 heavy (non-hydrogen) atoms. The quantitative estimate of drug-likeness (QED) is 0.681. The van der Waals surface area contributed by atoms with Crippen molar-refractivity contribution in [2.24, 2.45) is 5.41 Å². The predicted molar refractivity (Wildman–Crippen MR) is 54.1 cm³/mol. The van der Waals surface area contributed by atoms with E-state index >= 15 is 0 Å². The van der Waals surface area contributed by atoms with Crippen LogP contribution in [0.5, 0.6) is 0 Å². The molecule has 0 aliphatic heterocycles. The van der Waals surface area contributed by atoms with Crippen molar-refractivity contribution in [2.45, 2.75) is 26.4 Å². The first-order valence-corrected chi connectivity index (χ1v) is 4.82. The average molecular weight is 190 g/mol. The van der Waals surface area contributed by atoms with Crippen LogP contribution in [0, 0.1) is 5.41 Å². The van der Waals surface area contributed by atoms with E-state index in [1.165, 1.54) is 0 Å². The van der Waals surface area contributed by atoms with Crippen LogP contribution < -0.4 is 0 Å². The van der Waals surface area contributed by atoms with Crippen molar-refractivity contribution in [3.63, 3.8) is 0 Å². The molecule has 0 heterocycles. The molecule has 2 rings (SSSR count). The Hall–Kier alpha value is -1.15. The standard InChI is InChI=1S/C12H14O2/c1-12(2)7-10(13)8-5-3-4-6-9(8)11(12)14/h3-6,11,14H,7H2,1-2H3. The molecule has 1 aromatic rings. The summed E-state index contributed by atoms with van der Waals surface area (Å²) in [5, 5.41) is 10.1. The van der Waals surface area contributed by atoms with E-state index < -0.39 is 6.10 Å². The predicted octanol–water partition coefficient (Wildman–Crippen LogP) is 2.33. The number of carbonyl (C=O) groups excluding carboxylic acids is 1. The fourth-order valence-electron chi connectivity index (χ4n) is 2.02. The molecule has 0 amide bonds. The molecule has 2 heteroatoms. The van der Waals surface area contributed by atoms with Crippen molar-refractivity contribution in [2.75, 3.05) is 0 Å². The molecule has 0 saturated heterocycles. The summed E-state index contributed by atoms with van der Waals surface area (Å²) in [7, 11) is 0. The number of aliphatic hydroxyl groups is 1. The Morgan fingerprint density at radius 2 is 2.00 bits per heavy atom. The van der Waals surface area contributed by atoms with Gasteiger partial charge in [0.05, 0.1) is 6.10 Å². The van der Waals surface area contributed by atoms with E-state index in [1.54, 1.807) is 6.07 Å². The van der Waals surface area contributed by atoms with Gasteiger partial charge >= 0.3 is 0 Å². The molecule has 1 unspecified atom stereocenters. The van der Waals surface area contributed by atoms with Crippen LogP contribution in [0.4, 0.5) is 0 Å². The summed E-state index contributed by atoms with van der Waals surface area (Å²) < 4.78 is 0. The molecule has 1 atom stereocenters. The minimum Gasteiger partial charge on any atom is -0.388 e. The third-order valence-electron chi connectivity index (χ3n) is 2.91. The van der Waals surface area contributed by atoms with Gasteiger partial charge in [-0.05, 0) is 5.56 Å². The Morgan fingerprint density at radius 1 is 1.36 bits per heavy atom. The van der Waals surface area contributed by atoms with Gasteiger partial charge in [0.25, 0.3) is 0 Å². The molecule has 1 aliphatic carbocycles. The number of Topliss-reactive ketones (excluding diaryl/α,β-unsaturated/α-hetero) is 1. The zero-order valence-electron chi connectivity index (χ0n) is 8.45. The first-order chi connectivity index (χ1) is 6.52. The van der Waals surface area contributed by atoms with Gasteiger partial charge in [0, 0.05) is 17.4 Å². The summed E-state index contributed by atoms with van der Waals surface area (Å²) in [6.45, 7) is 3.84. The van der Waals surface area contributed by atoms with Gasteiger partial charge in [-0.3, -0.25) is 4.79 Å². The summed E-state index contributed by atoms with van der Waals surface area (Å²) in [5.74, 6) is 0.135. The van der Waals surface area contributed by atoms with Crippen LogP contribution in [0.2, 0.25) is 0 Å². The highest BCUT2D eigenvalue weighted by Gasteiger charge is 2.38. The van der Waals surface area contributed by atoms with E-state index in [0.717, 1.165) is 5.56 Å². The molecule has 0 saturated carbocycles. The highest BCUT2D eigenvalue weighted by atomic mass is 16.3. The minimum absolute atomic E-state index is 0.135. The van der Waals surface area contributed by atoms with Gasteiger partial charge in [0.15, 0.2) is 5.78 Å². The Morgan fingerprint density at radius 3 is 2.71 bits per heavy atom. The van der Waals surface area contributed by atoms with Gasteiger partial charge in [-0.25, -0.2) is 0 Å². The lowest BCUT2D eigenvalue weighted by atomic mass is 9.71. The molecular weight excluding hydrogens is 176 g/mol. The molecule has 0 fully saturated rings. The lowest BCUT2D eigenvalue weighted by Gasteiger charge is -2.35. The summed E-state index contributed by atoms with van der Waals surface area (Å²) in [6, 6.07) is 7.31. The van der Waals surface area contributed by atoms with Gasteiger partial charge in [-0.15, -0.1) is 0 Å². The molecule has 0 spiro atoms. The third kappa shape index (κ3) is 1.26. The number of aliphatic hydroxyl groups excluding tert-OH is 1. The number of ketones is 1. The summed E-state index contributed by atoms with van der Waals surface area (Å²) in [4.78, 5) is 11.7. The van der Waals surface area contributed by atoms with Crippen LogP contribution in [0.15, 0.2) is 24.3 Å². The molecule has 1 N–H and O–H groups in total. The first kappa shape index (κ1) is 9.41. The van der Waals surface area contributed by atoms with E-state index in [-0.39, 0.29) is 11.2 Å². The van der Waals surface area contributed by atoms with Gasteiger partial charge in [0.1, 0.15) is 0 Å². The van der Waals surface area contributed by atoms with Crippen molar-refractivity contribution < 1.29 is 9.90 Å². The van der Waals surface area contributed by atoms with Gasteiger partial charge in [-0.1, -0.05) is 38.1 Å². The van der Waals surface area contributed by atoms with Crippen LogP contribution in [0.3, 0.4) is 0 Å². The molecule has 1 aliphatic rings. The molecule has 0 radical (unpaired) electrons. The van der Waals surface area contributed by atoms with E-state index in [4.69, 9.17) is 0 Å². The SMILES string of the molecule is CC1(C)CC(=O)c2ccccc2C1O. The van der Waals surface area contributed by atoms with Crippen molar-refractivity contribution in [1.29, 1.82) is 0 Å². The van der Waals surface area contributed by atoms with Crippen LogP contribution in [-0.4, -0.2) is 10.9 Å². The third-order valence-corrected chi connectivity index (χ3v) is 2.91. The fraction of sp³-hybridized carbons (Fsp3) is 0.417. The zero-order chi connectivity index (χ0) is 10.3.